The van der Waals surface area contributed by atoms with Crippen molar-refractivity contribution in [3.8, 4) is 0 Å². The predicted molar refractivity (Wildman–Crippen MR) is 54.0 cm³/mol. The predicted octanol–water partition coefficient (Wildman–Crippen LogP) is 2.49. The van der Waals surface area contributed by atoms with E-state index < -0.39 is 6.57 Å². The summed E-state index contributed by atoms with van der Waals surface area (Å²) >= 11 is 1.04. The smallest absolute Gasteiger partial charge is 0.306 e. The number of hydrogen-bond donors (Lipinski definition) is 0. The highest BCUT2D eigenvalue weighted by molar-refractivity contribution is 8.56. The van der Waals surface area contributed by atoms with E-state index in [1.54, 1.807) is 13.8 Å². The van der Waals surface area contributed by atoms with Crippen molar-refractivity contribution >= 4 is 23.9 Å². The van der Waals surface area contributed by atoms with Gasteiger partial charge in [0.25, 0.3) is 6.57 Å². The van der Waals surface area contributed by atoms with Crippen LogP contribution in [0, 0.1) is 0 Å². The third kappa shape index (κ3) is 7.11. The van der Waals surface area contributed by atoms with Crippen LogP contribution < -0.4 is 0 Å². The van der Waals surface area contributed by atoms with Gasteiger partial charge in [-0.25, -0.2) is 0 Å². The summed E-state index contributed by atoms with van der Waals surface area (Å²) in [6.07, 6.45) is 0.337. The number of carbonyl (C=O) groups excluding carboxylic acids is 1. The van der Waals surface area contributed by atoms with Gasteiger partial charge in [0.15, 0.2) is 0 Å². The first-order chi connectivity index (χ1) is 6.02. The highest BCUT2D eigenvalue weighted by atomic mass is 32.7. The van der Waals surface area contributed by atoms with Crippen LogP contribution in [0.3, 0.4) is 0 Å². The monoisotopic (exact) mass is 226 g/mol. The van der Waals surface area contributed by atoms with E-state index in [1.165, 1.54) is 6.66 Å². The van der Waals surface area contributed by atoms with Crippen molar-refractivity contribution in [2.24, 2.45) is 0 Å². The molecule has 78 valence electrons. The Balaban J connectivity index is 3.63. The summed E-state index contributed by atoms with van der Waals surface area (Å²) in [6.45, 7) is 2.78. The number of ether oxygens (including phenoxy) is 1. The van der Waals surface area contributed by atoms with Crippen molar-refractivity contribution in [3.05, 3.63) is 0 Å². The van der Waals surface area contributed by atoms with Crippen LogP contribution in [-0.2, 0) is 18.6 Å². The van der Waals surface area contributed by atoms with Crippen molar-refractivity contribution in [1.29, 1.82) is 0 Å². The van der Waals surface area contributed by atoms with E-state index >= 15 is 0 Å². The summed E-state index contributed by atoms with van der Waals surface area (Å²) in [4.78, 5) is 10.7. The molecule has 6 heteroatoms. The molecule has 0 spiro atoms. The Hall–Kier alpha value is 0.0100. The highest BCUT2D eigenvalue weighted by Gasteiger charge is 2.16. The third-order valence-electron chi connectivity index (χ3n) is 1.16. The quantitative estimate of drug-likeness (QED) is 0.395. The molecule has 1 unspecified atom stereocenters. The first-order valence-corrected chi connectivity index (χ1v) is 7.70. The number of carbonyl (C=O) groups is 1. The second-order valence-corrected chi connectivity index (χ2v) is 7.37. The highest BCUT2D eigenvalue weighted by Crippen LogP contribution is 2.55. The van der Waals surface area contributed by atoms with Gasteiger partial charge in [-0.15, -0.1) is 0 Å². The third-order valence-corrected chi connectivity index (χ3v) is 4.62. The van der Waals surface area contributed by atoms with E-state index in [2.05, 4.69) is 0 Å². The molecule has 0 saturated heterocycles. The van der Waals surface area contributed by atoms with Gasteiger partial charge in [-0.2, -0.15) is 0 Å². The summed E-state index contributed by atoms with van der Waals surface area (Å²) in [5.41, 5.74) is 0. The van der Waals surface area contributed by atoms with Crippen LogP contribution in [0.5, 0.6) is 0 Å². The molecule has 0 amide bonds. The zero-order valence-electron chi connectivity index (χ0n) is 8.11. The molecule has 1 atom stereocenters. The molecule has 0 aliphatic rings. The minimum Gasteiger partial charge on any atom is -0.454 e. The van der Waals surface area contributed by atoms with Crippen LogP contribution in [0.15, 0.2) is 0 Å². The lowest BCUT2D eigenvalue weighted by molar-refractivity contribution is -0.140. The summed E-state index contributed by atoms with van der Waals surface area (Å²) in [5, 5.41) is 0. The minimum absolute atomic E-state index is 0.0977. The molecule has 0 rings (SSSR count). The van der Waals surface area contributed by atoms with Crippen molar-refractivity contribution in [3.63, 3.8) is 0 Å². The molecule has 0 radical (unpaired) electrons. The Morgan fingerprint density at radius 1 is 1.46 bits per heavy atom. The molecule has 0 fully saturated rings. The maximum atomic E-state index is 11.4. The van der Waals surface area contributed by atoms with Gasteiger partial charge < -0.3 is 9.26 Å². The number of rotatable bonds is 6. The Morgan fingerprint density at radius 2 is 2.08 bits per heavy atom. The van der Waals surface area contributed by atoms with Gasteiger partial charge in [0.05, 0.1) is 6.61 Å². The van der Waals surface area contributed by atoms with Gasteiger partial charge in [0.2, 0.25) is 0 Å². The zero-order chi connectivity index (χ0) is 10.3. The molecule has 13 heavy (non-hydrogen) atoms. The SMILES string of the molecule is CCOP(C)(=O)SCOC(=O)CC. The van der Waals surface area contributed by atoms with E-state index in [-0.39, 0.29) is 11.9 Å². The lowest BCUT2D eigenvalue weighted by Gasteiger charge is -2.11. The van der Waals surface area contributed by atoms with Crippen molar-refractivity contribution < 1.29 is 18.6 Å². The number of esters is 1. The first kappa shape index (κ1) is 13.0. The van der Waals surface area contributed by atoms with Crippen molar-refractivity contribution in [2.75, 3.05) is 19.2 Å². The molecule has 0 aliphatic carbocycles. The van der Waals surface area contributed by atoms with Crippen LogP contribution in [0.4, 0.5) is 0 Å². The molecule has 0 N–H and O–H groups in total. The fraction of sp³-hybridized carbons (Fsp3) is 0.857. The average molecular weight is 226 g/mol. The molecular formula is C7H15O4PS. The lowest BCUT2D eigenvalue weighted by Crippen LogP contribution is -2.01. The van der Waals surface area contributed by atoms with Crippen LogP contribution in [0.1, 0.15) is 20.3 Å². The van der Waals surface area contributed by atoms with Gasteiger partial charge in [-0.3, -0.25) is 9.36 Å². The maximum Gasteiger partial charge on any atom is 0.306 e. The molecule has 0 heterocycles. The molecule has 0 saturated carbocycles. The molecule has 0 aromatic heterocycles. The normalized spacial score (nSPS) is 15.0. The largest absolute Gasteiger partial charge is 0.454 e. The summed E-state index contributed by atoms with van der Waals surface area (Å²) < 4.78 is 21.2. The first-order valence-electron chi connectivity index (χ1n) is 4.04. The Bertz CT molecular complexity index is 207. The summed E-state index contributed by atoms with van der Waals surface area (Å²) in [6, 6.07) is 0. The Kier molecular flexibility index (Phi) is 6.47. The lowest BCUT2D eigenvalue weighted by atomic mass is 10.5. The van der Waals surface area contributed by atoms with Gasteiger partial charge in [0.1, 0.15) is 5.94 Å². The van der Waals surface area contributed by atoms with E-state index in [0.717, 1.165) is 11.4 Å². The fourth-order valence-corrected chi connectivity index (χ4v) is 2.75. The van der Waals surface area contributed by atoms with Gasteiger partial charge >= 0.3 is 5.97 Å². The topological polar surface area (TPSA) is 52.6 Å². The maximum absolute atomic E-state index is 11.4. The zero-order valence-corrected chi connectivity index (χ0v) is 9.82. The summed E-state index contributed by atoms with van der Waals surface area (Å²) in [5.74, 6) is -0.190. The van der Waals surface area contributed by atoms with Crippen molar-refractivity contribution in [2.45, 2.75) is 20.3 Å². The standard InChI is InChI=1S/C7H15O4PS/c1-4-7(8)10-6-13-12(3,9)11-5-2/h4-6H2,1-3H3. The van der Waals surface area contributed by atoms with E-state index in [4.69, 9.17) is 9.26 Å². The van der Waals surface area contributed by atoms with Crippen LogP contribution >= 0.6 is 18.0 Å². The molecule has 0 aliphatic heterocycles. The van der Waals surface area contributed by atoms with E-state index in [1.807, 2.05) is 0 Å². The van der Waals surface area contributed by atoms with Gasteiger partial charge in [-0.1, -0.05) is 6.92 Å². The Morgan fingerprint density at radius 3 is 2.54 bits per heavy atom. The van der Waals surface area contributed by atoms with Gasteiger partial charge in [-0.05, 0) is 18.3 Å². The van der Waals surface area contributed by atoms with E-state index in [9.17, 15) is 9.36 Å². The number of hydrogen-bond acceptors (Lipinski definition) is 5. The molecule has 4 nitrogen and oxygen atoms in total. The second-order valence-electron chi connectivity index (χ2n) is 2.31. The molecule has 0 aromatic rings. The van der Waals surface area contributed by atoms with Gasteiger partial charge in [0, 0.05) is 13.1 Å². The van der Waals surface area contributed by atoms with Crippen molar-refractivity contribution in [1.82, 2.24) is 0 Å². The second kappa shape index (κ2) is 6.46. The molecular weight excluding hydrogens is 211 g/mol. The molecule has 0 bridgehead atoms. The van der Waals surface area contributed by atoms with Crippen LogP contribution in [0.2, 0.25) is 0 Å². The molecule has 0 aromatic carbocycles. The minimum atomic E-state index is -2.62. The van der Waals surface area contributed by atoms with Crippen LogP contribution in [-0.4, -0.2) is 25.2 Å². The van der Waals surface area contributed by atoms with E-state index in [0.29, 0.717) is 13.0 Å². The Labute approximate surface area is 82.6 Å². The average Bonchev–Trinajstić information content (AvgIpc) is 2.03. The summed E-state index contributed by atoms with van der Waals surface area (Å²) in [7, 11) is 0. The fourth-order valence-electron chi connectivity index (χ4n) is 0.562. The van der Waals surface area contributed by atoms with Crippen LogP contribution in [0.25, 0.3) is 0 Å².